The van der Waals surface area contributed by atoms with Gasteiger partial charge >= 0.3 is 5.97 Å². The molecule has 19 heavy (non-hydrogen) atoms. The topological polar surface area (TPSA) is 26.3 Å². The highest BCUT2D eigenvalue weighted by Gasteiger charge is 2.37. The lowest BCUT2D eigenvalue weighted by molar-refractivity contribution is -0.142. The SMILES string of the molecule is CCOC(=O)[C@H](C)[Si](C)(C)c1cc2ccccc2s1. The van der Waals surface area contributed by atoms with Crippen molar-refractivity contribution in [2.75, 3.05) is 6.61 Å². The van der Waals surface area contributed by atoms with Crippen LogP contribution in [0.2, 0.25) is 18.6 Å². The predicted molar refractivity (Wildman–Crippen MR) is 85.0 cm³/mol. The molecule has 2 nitrogen and oxygen atoms in total. The zero-order chi connectivity index (χ0) is 14.0. The zero-order valence-corrected chi connectivity index (χ0v) is 13.7. The highest BCUT2D eigenvalue weighted by atomic mass is 32.1. The summed E-state index contributed by atoms with van der Waals surface area (Å²) in [5, 5.41) is 1.28. The van der Waals surface area contributed by atoms with Crippen molar-refractivity contribution in [3.8, 4) is 0 Å². The third kappa shape index (κ3) is 2.74. The summed E-state index contributed by atoms with van der Waals surface area (Å²) < 4.78 is 7.86. The fraction of sp³-hybridized carbons (Fsp3) is 0.400. The minimum Gasteiger partial charge on any atom is -0.466 e. The van der Waals surface area contributed by atoms with Crippen molar-refractivity contribution in [2.45, 2.75) is 32.5 Å². The summed E-state index contributed by atoms with van der Waals surface area (Å²) in [6, 6.07) is 10.6. The molecule has 102 valence electrons. The molecule has 4 heteroatoms. The molecule has 0 N–H and O–H groups in total. The van der Waals surface area contributed by atoms with Crippen molar-refractivity contribution in [1.82, 2.24) is 0 Å². The molecule has 0 aliphatic heterocycles. The van der Waals surface area contributed by atoms with Gasteiger partial charge in [0.25, 0.3) is 0 Å². The third-order valence-electron chi connectivity index (χ3n) is 3.78. The summed E-state index contributed by atoms with van der Waals surface area (Å²) in [7, 11) is -1.82. The largest absolute Gasteiger partial charge is 0.466 e. The Morgan fingerprint density at radius 2 is 2.05 bits per heavy atom. The molecule has 2 rings (SSSR count). The number of esters is 1. The number of carbonyl (C=O) groups excluding carboxylic acids is 1. The van der Waals surface area contributed by atoms with Gasteiger partial charge in [-0.15, -0.1) is 11.3 Å². The molecule has 2 aromatic rings. The first-order valence-electron chi connectivity index (χ1n) is 6.62. The third-order valence-corrected chi connectivity index (χ3v) is 10.4. The summed E-state index contributed by atoms with van der Waals surface area (Å²) in [4.78, 5) is 12.0. The van der Waals surface area contributed by atoms with Crippen LogP contribution in [-0.2, 0) is 9.53 Å². The van der Waals surface area contributed by atoms with E-state index in [9.17, 15) is 4.79 Å². The molecule has 0 amide bonds. The number of hydrogen-bond acceptors (Lipinski definition) is 3. The van der Waals surface area contributed by atoms with Crippen LogP contribution in [0.15, 0.2) is 30.3 Å². The first-order chi connectivity index (χ1) is 8.96. The normalized spacial score (nSPS) is 13.5. The van der Waals surface area contributed by atoms with Crippen molar-refractivity contribution < 1.29 is 9.53 Å². The minimum absolute atomic E-state index is 0.0134. The van der Waals surface area contributed by atoms with E-state index < -0.39 is 8.07 Å². The van der Waals surface area contributed by atoms with E-state index in [1.165, 1.54) is 14.6 Å². The van der Waals surface area contributed by atoms with Gasteiger partial charge in [-0.3, -0.25) is 4.79 Å². The fourth-order valence-electron chi connectivity index (χ4n) is 2.07. The van der Waals surface area contributed by atoms with Crippen LogP contribution in [0.4, 0.5) is 0 Å². The number of fused-ring (bicyclic) bond motifs is 1. The van der Waals surface area contributed by atoms with Crippen LogP contribution in [0, 0.1) is 0 Å². The summed E-state index contributed by atoms with van der Waals surface area (Å²) in [6.45, 7) is 8.83. The Balaban J connectivity index is 2.34. The molecule has 0 radical (unpaired) electrons. The number of benzene rings is 1. The maximum absolute atomic E-state index is 12.0. The van der Waals surface area contributed by atoms with Crippen LogP contribution < -0.4 is 4.50 Å². The molecule has 0 saturated heterocycles. The van der Waals surface area contributed by atoms with Gasteiger partial charge in [-0.2, -0.15) is 0 Å². The second-order valence-electron chi connectivity index (χ2n) is 5.34. The lowest BCUT2D eigenvalue weighted by atomic mass is 10.3. The molecule has 0 unspecified atom stereocenters. The van der Waals surface area contributed by atoms with Crippen LogP contribution in [0.3, 0.4) is 0 Å². The molecule has 0 spiro atoms. The summed E-state index contributed by atoms with van der Waals surface area (Å²) in [5.74, 6) is -0.0587. The Bertz CT molecular complexity index is 556. The van der Waals surface area contributed by atoms with Crippen LogP contribution >= 0.6 is 11.3 Å². The highest BCUT2D eigenvalue weighted by Crippen LogP contribution is 2.28. The number of hydrogen-bond donors (Lipinski definition) is 0. The van der Waals surface area contributed by atoms with Gasteiger partial charge in [-0.1, -0.05) is 38.2 Å². The Labute approximate surface area is 119 Å². The maximum atomic E-state index is 12.0. The van der Waals surface area contributed by atoms with Crippen molar-refractivity contribution >= 4 is 40.0 Å². The number of thiophene rings is 1. The quantitative estimate of drug-likeness (QED) is 0.633. The first-order valence-corrected chi connectivity index (χ1v) is 10.5. The van der Waals surface area contributed by atoms with Gasteiger partial charge in [0.1, 0.15) is 8.07 Å². The van der Waals surface area contributed by atoms with Crippen LogP contribution in [0.5, 0.6) is 0 Å². The fourth-order valence-corrected chi connectivity index (χ4v) is 6.43. The van der Waals surface area contributed by atoms with Gasteiger partial charge in [-0.25, -0.2) is 0 Å². The molecule has 1 aromatic carbocycles. The van der Waals surface area contributed by atoms with E-state index in [4.69, 9.17) is 4.74 Å². The zero-order valence-electron chi connectivity index (χ0n) is 11.9. The van der Waals surface area contributed by atoms with E-state index in [2.05, 4.69) is 43.4 Å². The molecule has 0 bridgehead atoms. The molecule has 1 aromatic heterocycles. The molecule has 1 heterocycles. The first kappa shape index (κ1) is 14.3. The average molecular weight is 292 g/mol. The highest BCUT2D eigenvalue weighted by molar-refractivity contribution is 7.32. The molecular formula is C15H20O2SSi. The molecule has 0 aliphatic carbocycles. The summed E-state index contributed by atoms with van der Waals surface area (Å²) >= 11 is 1.82. The average Bonchev–Trinajstić information content (AvgIpc) is 2.82. The second kappa shape index (κ2) is 5.47. The Morgan fingerprint density at radius 1 is 1.37 bits per heavy atom. The van der Waals surface area contributed by atoms with Gasteiger partial charge < -0.3 is 4.74 Å². The van der Waals surface area contributed by atoms with Crippen molar-refractivity contribution in [3.63, 3.8) is 0 Å². The molecule has 0 saturated carbocycles. The number of rotatable bonds is 4. The standard InChI is InChI=1S/C15H20O2SSi/c1-5-17-15(16)11(2)19(3,4)14-10-12-8-6-7-9-13(12)18-14/h6-11H,5H2,1-4H3/t11-/m0/s1. The smallest absolute Gasteiger partial charge is 0.306 e. The van der Waals surface area contributed by atoms with Gasteiger partial charge in [0.05, 0.1) is 12.1 Å². The van der Waals surface area contributed by atoms with E-state index in [1.54, 1.807) is 0 Å². The molecule has 1 atom stereocenters. The minimum atomic E-state index is -1.82. The predicted octanol–water partition coefficient (Wildman–Crippen LogP) is 3.77. The van der Waals surface area contributed by atoms with Crippen molar-refractivity contribution in [2.24, 2.45) is 0 Å². The summed E-state index contributed by atoms with van der Waals surface area (Å²) in [5.41, 5.74) is -0.0134. The van der Waals surface area contributed by atoms with Crippen molar-refractivity contribution in [3.05, 3.63) is 30.3 Å². The van der Waals surface area contributed by atoms with E-state index >= 15 is 0 Å². The maximum Gasteiger partial charge on any atom is 0.306 e. The lowest BCUT2D eigenvalue weighted by Gasteiger charge is -2.26. The lowest BCUT2D eigenvalue weighted by Crippen LogP contribution is -2.46. The van der Waals surface area contributed by atoms with Crippen molar-refractivity contribution in [1.29, 1.82) is 0 Å². The Hall–Kier alpha value is -1.13. The number of ether oxygens (including phenoxy) is 1. The van der Waals surface area contributed by atoms with Gasteiger partial charge in [0.2, 0.25) is 0 Å². The molecule has 0 fully saturated rings. The van der Waals surface area contributed by atoms with Crippen LogP contribution in [-0.4, -0.2) is 20.7 Å². The van der Waals surface area contributed by atoms with E-state index in [1.807, 2.05) is 25.2 Å². The van der Waals surface area contributed by atoms with Crippen LogP contribution in [0.25, 0.3) is 10.1 Å². The summed E-state index contributed by atoms with van der Waals surface area (Å²) in [6.07, 6.45) is 0. The Morgan fingerprint density at radius 3 is 2.68 bits per heavy atom. The molecule has 0 aliphatic rings. The van der Waals surface area contributed by atoms with E-state index in [-0.39, 0.29) is 11.5 Å². The van der Waals surface area contributed by atoms with E-state index in [0.29, 0.717) is 6.61 Å². The second-order valence-corrected chi connectivity index (χ2v) is 11.6. The molecular weight excluding hydrogens is 272 g/mol. The van der Waals surface area contributed by atoms with Gasteiger partial charge in [0.15, 0.2) is 0 Å². The number of carbonyl (C=O) groups is 1. The monoisotopic (exact) mass is 292 g/mol. The Kier molecular flexibility index (Phi) is 4.11. The van der Waals surface area contributed by atoms with E-state index in [0.717, 1.165) is 0 Å². The van der Waals surface area contributed by atoms with Crippen LogP contribution in [0.1, 0.15) is 13.8 Å². The van der Waals surface area contributed by atoms with Gasteiger partial charge in [0, 0.05) is 4.70 Å². The van der Waals surface area contributed by atoms with Gasteiger partial charge in [-0.05, 0) is 28.9 Å².